The molecule has 6 aliphatic rings. The summed E-state index contributed by atoms with van der Waals surface area (Å²) in [5.74, 6) is 5.56. The minimum Gasteiger partial charge on any atom is -0.0623 e. The molecule has 0 N–H and O–H groups in total. The van der Waals surface area contributed by atoms with Gasteiger partial charge in [0.25, 0.3) is 0 Å². The molecule has 6 aliphatic carbocycles. The Balaban J connectivity index is 1.51. The third kappa shape index (κ3) is 0.676. The predicted octanol–water partition coefficient (Wildman–Crippen LogP) is 4.74. The van der Waals surface area contributed by atoms with Crippen molar-refractivity contribution in [2.24, 2.45) is 51.2 Å². The van der Waals surface area contributed by atoms with Crippen molar-refractivity contribution >= 4 is 0 Å². The zero-order valence-corrected chi connectivity index (χ0v) is 12.7. The first-order valence-corrected chi connectivity index (χ1v) is 8.36. The van der Waals surface area contributed by atoms with Crippen LogP contribution in [0.3, 0.4) is 0 Å². The summed E-state index contributed by atoms with van der Waals surface area (Å²) < 4.78 is 0. The Morgan fingerprint density at radius 1 is 1.22 bits per heavy atom. The summed E-state index contributed by atoms with van der Waals surface area (Å²) in [5.41, 5.74) is 3.24. The van der Waals surface area contributed by atoms with Gasteiger partial charge in [-0.2, -0.15) is 0 Å². The van der Waals surface area contributed by atoms with Crippen molar-refractivity contribution in [2.75, 3.05) is 0 Å². The molecule has 0 aromatic heterocycles. The van der Waals surface area contributed by atoms with E-state index in [2.05, 4.69) is 34.6 Å². The summed E-state index contributed by atoms with van der Waals surface area (Å²) in [6, 6.07) is 0. The van der Waals surface area contributed by atoms with Crippen molar-refractivity contribution in [3.8, 4) is 0 Å². The average molecular weight is 244 g/mol. The third-order valence-corrected chi connectivity index (χ3v) is 9.15. The van der Waals surface area contributed by atoms with E-state index in [1.54, 1.807) is 19.3 Å². The van der Waals surface area contributed by atoms with Gasteiger partial charge in [-0.05, 0) is 70.5 Å². The van der Waals surface area contributed by atoms with Crippen molar-refractivity contribution in [1.29, 1.82) is 0 Å². The Labute approximate surface area is 112 Å². The Morgan fingerprint density at radius 2 is 1.89 bits per heavy atom. The zero-order valence-electron chi connectivity index (χ0n) is 12.7. The third-order valence-electron chi connectivity index (χ3n) is 9.15. The summed E-state index contributed by atoms with van der Waals surface area (Å²) in [7, 11) is 0. The molecule has 0 amide bonds. The van der Waals surface area contributed by atoms with Crippen LogP contribution < -0.4 is 0 Å². The van der Waals surface area contributed by atoms with Crippen LogP contribution in [0.4, 0.5) is 0 Å². The van der Waals surface area contributed by atoms with Gasteiger partial charge in [0.1, 0.15) is 0 Å². The largest absolute Gasteiger partial charge is 0.0623 e. The molecule has 2 spiro atoms. The molecule has 0 heterocycles. The quantitative estimate of drug-likeness (QED) is 0.672. The topological polar surface area (TPSA) is 0 Å². The molecule has 0 aliphatic heterocycles. The minimum atomic E-state index is 0.552. The Morgan fingerprint density at radius 3 is 2.50 bits per heavy atom. The molecule has 5 unspecified atom stereocenters. The van der Waals surface area contributed by atoms with Gasteiger partial charge in [-0.1, -0.05) is 41.0 Å². The highest BCUT2D eigenvalue weighted by atomic mass is 15.2. The summed E-state index contributed by atoms with van der Waals surface area (Å²) in [6.07, 6.45) is 6.29. The monoisotopic (exact) mass is 244 g/mol. The van der Waals surface area contributed by atoms with E-state index in [1.807, 2.05) is 0 Å². The molecule has 2 bridgehead atoms. The fourth-order valence-corrected chi connectivity index (χ4v) is 7.94. The molecule has 0 heteroatoms. The van der Waals surface area contributed by atoms with Crippen molar-refractivity contribution in [3.63, 3.8) is 0 Å². The molecule has 0 aromatic rings. The van der Waals surface area contributed by atoms with Crippen molar-refractivity contribution in [2.45, 2.75) is 60.3 Å². The highest BCUT2D eigenvalue weighted by Crippen LogP contribution is 3.16. The van der Waals surface area contributed by atoms with Gasteiger partial charge in [-0.15, -0.1) is 0 Å². The van der Waals surface area contributed by atoms with E-state index in [9.17, 15) is 0 Å². The van der Waals surface area contributed by atoms with Crippen LogP contribution in [-0.2, 0) is 0 Å². The lowest BCUT2D eigenvalue weighted by molar-refractivity contribution is 0.102. The van der Waals surface area contributed by atoms with E-state index < -0.39 is 0 Å². The Bertz CT molecular complexity index is 447. The summed E-state index contributed by atoms with van der Waals surface area (Å²) >= 11 is 0. The number of rotatable bonds is 3. The maximum Gasteiger partial charge on any atom is -0.0128 e. The first kappa shape index (κ1) is 10.7. The number of hydrogen-bond donors (Lipinski definition) is 0. The van der Waals surface area contributed by atoms with Crippen LogP contribution in [-0.4, -0.2) is 0 Å². The van der Waals surface area contributed by atoms with Gasteiger partial charge >= 0.3 is 0 Å². The van der Waals surface area contributed by atoms with Crippen molar-refractivity contribution in [1.82, 2.24) is 0 Å². The van der Waals surface area contributed by atoms with Crippen LogP contribution in [0.5, 0.6) is 0 Å². The van der Waals surface area contributed by atoms with Crippen LogP contribution in [0.2, 0.25) is 0 Å². The van der Waals surface area contributed by atoms with E-state index in [4.69, 9.17) is 0 Å². The Hall–Kier alpha value is 0. The van der Waals surface area contributed by atoms with Crippen LogP contribution in [0.25, 0.3) is 0 Å². The van der Waals surface area contributed by atoms with E-state index in [0.29, 0.717) is 5.41 Å². The average Bonchev–Trinajstić information content (AvgIpc) is 3.17. The predicted molar refractivity (Wildman–Crippen MR) is 74.0 cm³/mol. The van der Waals surface area contributed by atoms with E-state index >= 15 is 0 Å². The molecular weight excluding hydrogens is 216 g/mol. The summed E-state index contributed by atoms with van der Waals surface area (Å²) in [6.45, 7) is 12.6. The van der Waals surface area contributed by atoms with Gasteiger partial charge in [-0.25, -0.2) is 0 Å². The molecular formula is C18H28. The molecule has 0 radical (unpaired) electrons. The van der Waals surface area contributed by atoms with E-state index in [0.717, 1.165) is 28.1 Å². The molecule has 100 valence electrons. The van der Waals surface area contributed by atoms with Crippen LogP contribution in [0.15, 0.2) is 0 Å². The maximum absolute atomic E-state index is 2.66. The fraction of sp³-hybridized carbons (Fsp3) is 1.00. The fourth-order valence-electron chi connectivity index (χ4n) is 7.94. The highest BCUT2D eigenvalue weighted by Gasteiger charge is 3.13. The second kappa shape index (κ2) is 2.35. The standard InChI is InChI=1S/C18H28/c1-10(2)15(3,4)9-12-16(5)13-14(16)18(13)11-7-6-8-17(11,12)18/h10-14H,6-9H2,1-5H3. The zero-order chi connectivity index (χ0) is 12.7. The van der Waals surface area contributed by atoms with Crippen molar-refractivity contribution in [3.05, 3.63) is 0 Å². The van der Waals surface area contributed by atoms with Gasteiger partial charge in [0, 0.05) is 0 Å². The lowest BCUT2D eigenvalue weighted by Gasteiger charge is -2.39. The molecule has 0 nitrogen and oxygen atoms in total. The molecule has 5 atom stereocenters. The number of hydrogen-bond acceptors (Lipinski definition) is 0. The van der Waals surface area contributed by atoms with Gasteiger partial charge in [0.15, 0.2) is 0 Å². The van der Waals surface area contributed by atoms with E-state index in [-0.39, 0.29) is 0 Å². The normalized spacial score (nSPS) is 65.7. The maximum atomic E-state index is 2.66. The lowest BCUT2D eigenvalue weighted by Crippen LogP contribution is -2.31. The lowest BCUT2D eigenvalue weighted by atomic mass is 9.66. The minimum absolute atomic E-state index is 0.552. The molecule has 18 heavy (non-hydrogen) atoms. The van der Waals surface area contributed by atoms with Crippen LogP contribution >= 0.6 is 0 Å². The molecule has 6 saturated carbocycles. The molecule has 6 rings (SSSR count). The SMILES string of the molecule is CC(C)C(C)(C)CC1C2(C)C3C2C32C3CCCC132. The second-order valence-corrected chi connectivity index (χ2v) is 9.64. The van der Waals surface area contributed by atoms with Gasteiger partial charge < -0.3 is 0 Å². The first-order valence-electron chi connectivity index (χ1n) is 8.36. The van der Waals surface area contributed by atoms with Gasteiger partial charge in [0.05, 0.1) is 0 Å². The van der Waals surface area contributed by atoms with Crippen molar-refractivity contribution < 1.29 is 0 Å². The van der Waals surface area contributed by atoms with E-state index in [1.165, 1.54) is 24.2 Å². The molecule has 0 aromatic carbocycles. The smallest absolute Gasteiger partial charge is 0.0128 e. The summed E-state index contributed by atoms with van der Waals surface area (Å²) in [5, 5.41) is 0. The molecule has 0 saturated heterocycles. The first-order chi connectivity index (χ1) is 8.36. The van der Waals surface area contributed by atoms with Crippen LogP contribution in [0.1, 0.15) is 60.3 Å². The molecule has 6 fully saturated rings. The highest BCUT2D eigenvalue weighted by molar-refractivity contribution is 5.59. The van der Waals surface area contributed by atoms with Gasteiger partial charge in [-0.3, -0.25) is 0 Å². The Kier molecular flexibility index (Phi) is 1.41. The second-order valence-electron chi connectivity index (χ2n) is 9.64. The summed E-state index contributed by atoms with van der Waals surface area (Å²) in [4.78, 5) is 0. The van der Waals surface area contributed by atoms with Crippen LogP contribution in [0, 0.1) is 51.2 Å². The van der Waals surface area contributed by atoms with Gasteiger partial charge in [0.2, 0.25) is 0 Å².